The molecule has 0 N–H and O–H groups in total. The van der Waals surface area contributed by atoms with E-state index in [2.05, 4.69) is 6.19 Å². The van der Waals surface area contributed by atoms with Crippen molar-refractivity contribution in [3.63, 3.8) is 0 Å². The monoisotopic (exact) mass is 170 g/mol. The molecule has 4 nitrogen and oxygen atoms in total. The van der Waals surface area contributed by atoms with E-state index in [9.17, 15) is 0 Å². The van der Waals surface area contributed by atoms with Crippen LogP contribution in [0, 0.1) is 11.5 Å². The minimum Gasteiger partial charge on any atom is -0.377 e. The number of nitrogens with zero attached hydrogens (tertiary/aromatic N) is 2. The zero-order valence-electron chi connectivity index (χ0n) is 7.65. The number of nitriles is 1. The van der Waals surface area contributed by atoms with Gasteiger partial charge in [0, 0.05) is 14.2 Å². The first-order valence-electron chi connectivity index (χ1n) is 3.96. The highest BCUT2D eigenvalue weighted by Gasteiger charge is 2.39. The second kappa shape index (κ2) is 3.74. The van der Waals surface area contributed by atoms with Crippen molar-refractivity contribution in [2.24, 2.45) is 0 Å². The molecule has 4 heteroatoms. The van der Waals surface area contributed by atoms with Crippen molar-refractivity contribution in [3.8, 4) is 6.19 Å². The molecule has 1 rings (SSSR count). The van der Waals surface area contributed by atoms with E-state index >= 15 is 0 Å². The van der Waals surface area contributed by atoms with Gasteiger partial charge < -0.3 is 14.4 Å². The number of hydrogen-bond acceptors (Lipinski definition) is 4. The second-order valence-electron chi connectivity index (χ2n) is 2.97. The van der Waals surface area contributed by atoms with Crippen LogP contribution in [0.3, 0.4) is 0 Å². The van der Waals surface area contributed by atoms with Gasteiger partial charge in [-0.1, -0.05) is 0 Å². The van der Waals surface area contributed by atoms with Gasteiger partial charge in [0.15, 0.2) is 6.19 Å². The fraction of sp³-hybridized carbons (Fsp3) is 0.875. The second-order valence-corrected chi connectivity index (χ2v) is 2.97. The first-order valence-corrected chi connectivity index (χ1v) is 3.96. The molecule has 0 spiro atoms. The normalized spacial score (nSPS) is 35.2. The Hall–Kier alpha value is -0.790. The summed E-state index contributed by atoms with van der Waals surface area (Å²) in [4.78, 5) is 1.68. The third-order valence-electron chi connectivity index (χ3n) is 2.41. The van der Waals surface area contributed by atoms with Crippen LogP contribution in [-0.2, 0) is 9.47 Å². The van der Waals surface area contributed by atoms with Gasteiger partial charge in [-0.25, -0.2) is 0 Å². The number of rotatable bonds is 2. The third kappa shape index (κ3) is 1.38. The fourth-order valence-electron chi connectivity index (χ4n) is 1.64. The Morgan fingerprint density at radius 1 is 1.42 bits per heavy atom. The van der Waals surface area contributed by atoms with Crippen molar-refractivity contribution in [1.29, 1.82) is 5.26 Å². The molecule has 0 aromatic carbocycles. The van der Waals surface area contributed by atoms with Crippen molar-refractivity contribution >= 4 is 0 Å². The van der Waals surface area contributed by atoms with Gasteiger partial charge in [0.2, 0.25) is 0 Å². The van der Waals surface area contributed by atoms with E-state index in [0.29, 0.717) is 6.54 Å². The first kappa shape index (κ1) is 9.30. The maximum atomic E-state index is 8.73. The Labute approximate surface area is 72.7 Å². The Morgan fingerprint density at radius 3 is 2.42 bits per heavy atom. The molecule has 1 saturated heterocycles. The summed E-state index contributed by atoms with van der Waals surface area (Å²) < 4.78 is 10.4. The molecule has 1 fully saturated rings. The third-order valence-corrected chi connectivity index (χ3v) is 2.41. The molecule has 1 aliphatic rings. The molecule has 0 aromatic heterocycles. The van der Waals surface area contributed by atoms with Gasteiger partial charge in [0.05, 0.1) is 12.6 Å². The van der Waals surface area contributed by atoms with E-state index in [-0.39, 0.29) is 18.2 Å². The molecule has 0 bridgehead atoms. The molecule has 0 aromatic rings. The largest absolute Gasteiger partial charge is 0.377 e. The summed E-state index contributed by atoms with van der Waals surface area (Å²) >= 11 is 0. The summed E-state index contributed by atoms with van der Waals surface area (Å²) in [6, 6.07) is 0.116. The number of likely N-dealkylation sites (tertiary alicyclic amines) is 1. The van der Waals surface area contributed by atoms with E-state index in [4.69, 9.17) is 14.7 Å². The van der Waals surface area contributed by atoms with E-state index < -0.39 is 0 Å². The highest BCUT2D eigenvalue weighted by molar-refractivity contribution is 4.98. The van der Waals surface area contributed by atoms with Crippen molar-refractivity contribution in [1.82, 2.24) is 4.90 Å². The number of ether oxygens (including phenoxy) is 2. The van der Waals surface area contributed by atoms with Gasteiger partial charge in [0.1, 0.15) is 12.2 Å². The van der Waals surface area contributed by atoms with Crippen LogP contribution < -0.4 is 0 Å². The zero-order valence-corrected chi connectivity index (χ0v) is 7.65. The highest BCUT2D eigenvalue weighted by Crippen LogP contribution is 2.21. The molecule has 0 aliphatic carbocycles. The van der Waals surface area contributed by atoms with Gasteiger partial charge in [-0.3, -0.25) is 0 Å². The van der Waals surface area contributed by atoms with Crippen LogP contribution in [0.4, 0.5) is 0 Å². The zero-order chi connectivity index (χ0) is 9.14. The topological polar surface area (TPSA) is 45.5 Å². The smallest absolute Gasteiger partial charge is 0.179 e. The Bertz CT molecular complexity index is 190. The molecule has 3 atom stereocenters. The summed E-state index contributed by atoms with van der Waals surface area (Å²) in [5, 5.41) is 8.73. The molecule has 0 radical (unpaired) electrons. The molecule has 68 valence electrons. The van der Waals surface area contributed by atoms with Gasteiger partial charge in [-0.2, -0.15) is 5.26 Å². The molecular weight excluding hydrogens is 156 g/mol. The summed E-state index contributed by atoms with van der Waals surface area (Å²) in [6.45, 7) is 2.60. The van der Waals surface area contributed by atoms with Gasteiger partial charge in [0.25, 0.3) is 0 Å². The van der Waals surface area contributed by atoms with Crippen molar-refractivity contribution in [2.45, 2.75) is 25.2 Å². The Morgan fingerprint density at radius 2 is 2.08 bits per heavy atom. The summed E-state index contributed by atoms with van der Waals surface area (Å²) in [6.07, 6.45) is 2.14. The van der Waals surface area contributed by atoms with E-state index in [0.717, 1.165) is 0 Å². The van der Waals surface area contributed by atoms with Crippen molar-refractivity contribution in [2.75, 3.05) is 20.8 Å². The summed E-state index contributed by atoms with van der Waals surface area (Å²) in [5.41, 5.74) is 0. The lowest BCUT2D eigenvalue weighted by molar-refractivity contribution is -0.0161. The predicted octanol–water partition coefficient (Wildman–Crippen LogP) is 0.202. The minimum atomic E-state index is 0.00894. The maximum Gasteiger partial charge on any atom is 0.179 e. The molecule has 3 unspecified atom stereocenters. The van der Waals surface area contributed by atoms with Crippen LogP contribution in [0.2, 0.25) is 0 Å². The van der Waals surface area contributed by atoms with Gasteiger partial charge in [-0.05, 0) is 6.92 Å². The quantitative estimate of drug-likeness (QED) is 0.555. The molecule has 0 amide bonds. The average Bonchev–Trinajstić information content (AvgIpc) is 2.41. The van der Waals surface area contributed by atoms with Crippen LogP contribution >= 0.6 is 0 Å². The van der Waals surface area contributed by atoms with E-state index in [1.54, 1.807) is 19.1 Å². The van der Waals surface area contributed by atoms with Crippen LogP contribution in [0.15, 0.2) is 0 Å². The lowest BCUT2D eigenvalue weighted by Gasteiger charge is -2.19. The summed E-state index contributed by atoms with van der Waals surface area (Å²) in [5.74, 6) is 0. The fourth-order valence-corrected chi connectivity index (χ4v) is 1.64. The van der Waals surface area contributed by atoms with Crippen LogP contribution in [0.5, 0.6) is 0 Å². The van der Waals surface area contributed by atoms with Crippen LogP contribution in [0.1, 0.15) is 6.92 Å². The molecule has 12 heavy (non-hydrogen) atoms. The number of methoxy groups -OCH3 is 2. The van der Waals surface area contributed by atoms with Gasteiger partial charge in [-0.15, -0.1) is 0 Å². The van der Waals surface area contributed by atoms with Crippen molar-refractivity contribution in [3.05, 3.63) is 0 Å². The maximum absolute atomic E-state index is 8.73. The lowest BCUT2D eigenvalue weighted by atomic mass is 10.1. The van der Waals surface area contributed by atoms with Crippen LogP contribution in [0.25, 0.3) is 0 Å². The van der Waals surface area contributed by atoms with Gasteiger partial charge >= 0.3 is 0 Å². The Balaban J connectivity index is 2.66. The van der Waals surface area contributed by atoms with Crippen LogP contribution in [-0.4, -0.2) is 43.9 Å². The standard InChI is InChI=1S/C8H14N2O2/c1-6-8(12-3)7(11-2)4-10(6)5-9/h6-8H,4H2,1-3H3. The Kier molecular flexibility index (Phi) is 2.90. The first-order chi connectivity index (χ1) is 5.74. The van der Waals surface area contributed by atoms with E-state index in [1.807, 2.05) is 6.92 Å². The highest BCUT2D eigenvalue weighted by atomic mass is 16.5. The van der Waals surface area contributed by atoms with Crippen molar-refractivity contribution < 1.29 is 9.47 Å². The SMILES string of the molecule is COC1CN(C#N)C(C)C1OC. The molecule has 0 saturated carbocycles. The predicted molar refractivity (Wildman–Crippen MR) is 43.4 cm³/mol. The minimum absolute atomic E-state index is 0.00894. The molecule has 1 aliphatic heterocycles. The molecule has 1 heterocycles. The summed E-state index contributed by atoms with van der Waals surface area (Å²) in [7, 11) is 3.29. The lowest BCUT2D eigenvalue weighted by Crippen LogP contribution is -2.33. The van der Waals surface area contributed by atoms with E-state index in [1.165, 1.54) is 0 Å². The number of hydrogen-bond donors (Lipinski definition) is 0. The average molecular weight is 170 g/mol. The molecular formula is C8H14N2O2.